The number of rotatable bonds is 2. The van der Waals surface area contributed by atoms with Crippen LogP contribution in [0.1, 0.15) is 30.3 Å². The van der Waals surface area contributed by atoms with Gasteiger partial charge in [0.1, 0.15) is 12.4 Å². The van der Waals surface area contributed by atoms with Gasteiger partial charge in [0.05, 0.1) is 17.3 Å². The van der Waals surface area contributed by atoms with Crippen LogP contribution in [0.4, 0.5) is 0 Å². The predicted molar refractivity (Wildman–Crippen MR) is 88.1 cm³/mol. The molecule has 4 heterocycles. The Morgan fingerprint density at radius 3 is 2.79 bits per heavy atom. The Kier molecular flexibility index (Phi) is 2.90. The molecule has 7 nitrogen and oxygen atoms in total. The first-order valence-corrected chi connectivity index (χ1v) is 8.07. The van der Waals surface area contributed by atoms with Crippen LogP contribution in [0.15, 0.2) is 36.8 Å². The summed E-state index contributed by atoms with van der Waals surface area (Å²) in [5.74, 6) is 0.819. The average Bonchev–Trinajstić information content (AvgIpc) is 3.33. The summed E-state index contributed by atoms with van der Waals surface area (Å²) in [6.45, 7) is 2.84. The second-order valence-corrected chi connectivity index (χ2v) is 6.13. The molecule has 3 aromatic heterocycles. The van der Waals surface area contributed by atoms with Crippen molar-refractivity contribution >= 4 is 16.7 Å². The largest absolute Gasteiger partial charge is 0.370 e. The molecule has 1 aliphatic rings. The maximum atomic E-state index is 5.73. The fourth-order valence-electron chi connectivity index (χ4n) is 3.21. The topological polar surface area (TPSA) is 70.1 Å². The van der Waals surface area contributed by atoms with Gasteiger partial charge in [-0.1, -0.05) is 17.7 Å². The monoisotopic (exact) mass is 320 g/mol. The third kappa shape index (κ3) is 1.94. The fraction of sp³-hybridized carbons (Fsp3) is 0.294. The second-order valence-electron chi connectivity index (χ2n) is 6.13. The first kappa shape index (κ1) is 13.6. The molecule has 0 N–H and O–H groups in total. The minimum absolute atomic E-state index is 0.00592. The van der Waals surface area contributed by atoms with E-state index in [9.17, 15) is 0 Å². The van der Waals surface area contributed by atoms with Gasteiger partial charge in [0.25, 0.3) is 0 Å². The fourth-order valence-corrected chi connectivity index (χ4v) is 3.21. The van der Waals surface area contributed by atoms with Crippen LogP contribution < -0.4 is 0 Å². The van der Waals surface area contributed by atoms with E-state index in [4.69, 9.17) is 4.74 Å². The van der Waals surface area contributed by atoms with Crippen molar-refractivity contribution in [3.05, 3.63) is 48.2 Å². The lowest BCUT2D eigenvalue weighted by Crippen LogP contribution is -2.04. The number of ether oxygens (including phenoxy) is 1. The molecule has 7 heteroatoms. The van der Waals surface area contributed by atoms with Gasteiger partial charge in [-0.3, -0.25) is 4.40 Å². The molecule has 0 unspecified atom stereocenters. The van der Waals surface area contributed by atoms with Crippen LogP contribution >= 0.6 is 0 Å². The van der Waals surface area contributed by atoms with E-state index < -0.39 is 0 Å². The summed E-state index contributed by atoms with van der Waals surface area (Å²) in [6, 6.07) is 8.20. The van der Waals surface area contributed by atoms with Gasteiger partial charge < -0.3 is 4.74 Å². The van der Waals surface area contributed by atoms with Crippen molar-refractivity contribution < 1.29 is 4.74 Å². The molecular weight excluding hydrogens is 304 g/mol. The zero-order valence-corrected chi connectivity index (χ0v) is 13.3. The van der Waals surface area contributed by atoms with Gasteiger partial charge >= 0.3 is 0 Å². The number of hydrogen-bond donors (Lipinski definition) is 0. The maximum absolute atomic E-state index is 5.73. The molecule has 0 spiro atoms. The first-order valence-electron chi connectivity index (χ1n) is 8.07. The summed E-state index contributed by atoms with van der Waals surface area (Å²) >= 11 is 0. The highest BCUT2D eigenvalue weighted by atomic mass is 16.5. The lowest BCUT2D eigenvalue weighted by atomic mass is 10.2. The minimum Gasteiger partial charge on any atom is -0.370 e. The Labute approximate surface area is 137 Å². The molecule has 120 valence electrons. The van der Waals surface area contributed by atoms with Crippen molar-refractivity contribution in [3.63, 3.8) is 0 Å². The Morgan fingerprint density at radius 1 is 1.12 bits per heavy atom. The lowest BCUT2D eigenvalue weighted by molar-refractivity contribution is 0.104. The number of benzene rings is 1. The summed E-state index contributed by atoms with van der Waals surface area (Å²) in [5, 5.41) is 14.1. The van der Waals surface area contributed by atoms with Gasteiger partial charge in [0.2, 0.25) is 0 Å². The summed E-state index contributed by atoms with van der Waals surface area (Å²) < 4.78 is 9.48. The SMILES string of the molecule is Cc1ccc(-n2ncc3c2ncn2c([C@H]4CCCO4)nnc32)cc1. The van der Waals surface area contributed by atoms with Gasteiger partial charge in [-0.25, -0.2) is 9.67 Å². The van der Waals surface area contributed by atoms with E-state index in [1.807, 2.05) is 21.2 Å². The maximum Gasteiger partial charge on any atom is 0.174 e. The average molecular weight is 320 g/mol. The number of aromatic nitrogens is 6. The van der Waals surface area contributed by atoms with Crippen molar-refractivity contribution in [1.82, 2.24) is 29.4 Å². The van der Waals surface area contributed by atoms with E-state index in [2.05, 4.69) is 39.3 Å². The molecule has 1 aliphatic heterocycles. The molecule has 1 atom stereocenters. The molecule has 5 rings (SSSR count). The van der Waals surface area contributed by atoms with E-state index in [0.29, 0.717) is 0 Å². The highest BCUT2D eigenvalue weighted by molar-refractivity contribution is 5.89. The number of aryl methyl sites for hydroxylation is 1. The Balaban J connectivity index is 1.68. The van der Waals surface area contributed by atoms with E-state index >= 15 is 0 Å². The summed E-state index contributed by atoms with van der Waals surface area (Å²) in [5.41, 5.74) is 3.73. The van der Waals surface area contributed by atoms with Crippen molar-refractivity contribution in [1.29, 1.82) is 0 Å². The molecule has 0 saturated carbocycles. The summed E-state index contributed by atoms with van der Waals surface area (Å²) in [4.78, 5) is 4.60. The molecule has 1 aromatic carbocycles. The predicted octanol–water partition coefficient (Wildman–Crippen LogP) is 2.62. The van der Waals surface area contributed by atoms with Gasteiger partial charge in [-0.2, -0.15) is 5.10 Å². The van der Waals surface area contributed by atoms with Crippen LogP contribution in [0.3, 0.4) is 0 Å². The molecule has 24 heavy (non-hydrogen) atoms. The molecule has 0 aliphatic carbocycles. The van der Waals surface area contributed by atoms with Gasteiger partial charge in [0.15, 0.2) is 17.1 Å². The molecular formula is C17H16N6O. The molecule has 1 fully saturated rings. The van der Waals surface area contributed by atoms with Crippen LogP contribution in [-0.2, 0) is 4.74 Å². The lowest BCUT2D eigenvalue weighted by Gasteiger charge is -2.07. The van der Waals surface area contributed by atoms with E-state index in [1.165, 1.54) is 5.56 Å². The number of hydrogen-bond acceptors (Lipinski definition) is 5. The van der Waals surface area contributed by atoms with E-state index in [-0.39, 0.29) is 6.10 Å². The third-order valence-corrected chi connectivity index (χ3v) is 4.50. The van der Waals surface area contributed by atoms with E-state index in [0.717, 1.165) is 47.6 Å². The number of fused-ring (bicyclic) bond motifs is 3. The highest BCUT2D eigenvalue weighted by Crippen LogP contribution is 2.29. The smallest absolute Gasteiger partial charge is 0.174 e. The van der Waals surface area contributed by atoms with Crippen LogP contribution in [0.25, 0.3) is 22.4 Å². The molecule has 1 saturated heterocycles. The summed E-state index contributed by atoms with van der Waals surface area (Å²) in [7, 11) is 0. The van der Waals surface area contributed by atoms with Gasteiger partial charge in [-0.15, -0.1) is 10.2 Å². The van der Waals surface area contributed by atoms with Crippen molar-refractivity contribution in [3.8, 4) is 5.69 Å². The zero-order chi connectivity index (χ0) is 16.1. The van der Waals surface area contributed by atoms with Gasteiger partial charge in [-0.05, 0) is 31.9 Å². The van der Waals surface area contributed by atoms with Crippen molar-refractivity contribution in [2.24, 2.45) is 0 Å². The molecule has 0 amide bonds. The zero-order valence-electron chi connectivity index (χ0n) is 13.3. The standard InChI is InChI=1S/C17H16N6O/c1-11-4-6-12(7-5-11)23-15-13(9-19-23)16-20-21-17(22(16)10-18-15)14-3-2-8-24-14/h4-7,9-10,14H,2-3,8H2,1H3/t14-/m1/s1. The Hall–Kier alpha value is -2.80. The Morgan fingerprint density at radius 2 is 2.00 bits per heavy atom. The van der Waals surface area contributed by atoms with E-state index in [1.54, 1.807) is 12.5 Å². The Bertz CT molecular complexity index is 1030. The minimum atomic E-state index is 0.00592. The van der Waals surface area contributed by atoms with Crippen LogP contribution in [0.2, 0.25) is 0 Å². The normalized spacial score (nSPS) is 18.0. The summed E-state index contributed by atoms with van der Waals surface area (Å²) in [6.07, 6.45) is 5.60. The molecule has 0 bridgehead atoms. The van der Waals surface area contributed by atoms with Crippen LogP contribution in [0.5, 0.6) is 0 Å². The quantitative estimate of drug-likeness (QED) is 0.568. The third-order valence-electron chi connectivity index (χ3n) is 4.50. The molecule has 0 radical (unpaired) electrons. The van der Waals surface area contributed by atoms with Gasteiger partial charge in [0, 0.05) is 6.61 Å². The molecule has 4 aromatic rings. The number of nitrogens with zero attached hydrogens (tertiary/aromatic N) is 6. The van der Waals surface area contributed by atoms with Crippen LogP contribution in [0, 0.1) is 6.92 Å². The highest BCUT2D eigenvalue weighted by Gasteiger charge is 2.24. The second kappa shape index (κ2) is 5.10. The first-order chi connectivity index (χ1) is 11.8. The van der Waals surface area contributed by atoms with Crippen molar-refractivity contribution in [2.45, 2.75) is 25.9 Å². The van der Waals surface area contributed by atoms with Crippen molar-refractivity contribution in [2.75, 3.05) is 6.61 Å². The van der Waals surface area contributed by atoms with Crippen LogP contribution in [-0.4, -0.2) is 36.0 Å².